The van der Waals surface area contributed by atoms with E-state index in [1.165, 1.54) is 0 Å². The lowest BCUT2D eigenvalue weighted by Gasteiger charge is -2.31. The standard InChI is InChI=1S/C19H18BrN3OS/c20-15-7-4-8-17(10-15)23(11-16-12-25-13-22-16)18(19(21)24)9-14-5-2-1-3-6-14/h1-8,10,12-13,18H,9,11H2,(H2,21,24)/t18-/m0/s1. The minimum Gasteiger partial charge on any atom is -0.368 e. The Labute approximate surface area is 159 Å². The average molecular weight is 416 g/mol. The van der Waals surface area contributed by atoms with Crippen molar-refractivity contribution in [2.24, 2.45) is 5.73 Å². The van der Waals surface area contributed by atoms with Crippen LogP contribution in [0.15, 0.2) is 70.0 Å². The van der Waals surface area contributed by atoms with Gasteiger partial charge < -0.3 is 10.6 Å². The first-order valence-corrected chi connectivity index (χ1v) is 9.59. The van der Waals surface area contributed by atoms with E-state index < -0.39 is 6.04 Å². The van der Waals surface area contributed by atoms with Crippen LogP contribution in [0, 0.1) is 0 Å². The van der Waals surface area contributed by atoms with E-state index in [2.05, 4.69) is 20.9 Å². The van der Waals surface area contributed by atoms with Crippen LogP contribution in [-0.4, -0.2) is 16.9 Å². The predicted molar refractivity (Wildman–Crippen MR) is 106 cm³/mol. The minimum atomic E-state index is -0.460. The van der Waals surface area contributed by atoms with E-state index >= 15 is 0 Å². The number of hydrogen-bond acceptors (Lipinski definition) is 4. The molecule has 2 aromatic carbocycles. The second-order valence-electron chi connectivity index (χ2n) is 5.70. The van der Waals surface area contributed by atoms with Crippen LogP contribution in [0.25, 0.3) is 0 Å². The lowest BCUT2D eigenvalue weighted by Crippen LogP contribution is -2.46. The van der Waals surface area contributed by atoms with Gasteiger partial charge in [-0.25, -0.2) is 4.98 Å². The Morgan fingerprint density at radius 1 is 1.20 bits per heavy atom. The number of halogens is 1. The Morgan fingerprint density at radius 3 is 2.64 bits per heavy atom. The maximum absolute atomic E-state index is 12.3. The summed E-state index contributed by atoms with van der Waals surface area (Å²) in [5.74, 6) is -0.348. The zero-order valence-electron chi connectivity index (χ0n) is 13.5. The van der Waals surface area contributed by atoms with Crippen molar-refractivity contribution >= 4 is 38.9 Å². The number of nitrogens with zero attached hydrogens (tertiary/aromatic N) is 2. The van der Waals surface area contributed by atoms with Gasteiger partial charge in [0.1, 0.15) is 6.04 Å². The van der Waals surface area contributed by atoms with E-state index in [0.29, 0.717) is 13.0 Å². The number of anilines is 1. The average Bonchev–Trinajstić information content (AvgIpc) is 3.12. The van der Waals surface area contributed by atoms with Crippen molar-refractivity contribution in [3.05, 3.63) is 81.2 Å². The van der Waals surface area contributed by atoms with Gasteiger partial charge in [0.25, 0.3) is 0 Å². The minimum absolute atomic E-state index is 0.348. The highest BCUT2D eigenvalue weighted by atomic mass is 79.9. The molecule has 1 aromatic heterocycles. The number of nitrogens with two attached hydrogens (primary N) is 1. The van der Waals surface area contributed by atoms with Crippen LogP contribution in [0.3, 0.4) is 0 Å². The SMILES string of the molecule is NC(=O)[C@H](Cc1ccccc1)N(Cc1cscn1)c1cccc(Br)c1. The lowest BCUT2D eigenvalue weighted by molar-refractivity contribution is -0.119. The third-order valence-electron chi connectivity index (χ3n) is 3.93. The van der Waals surface area contributed by atoms with Gasteiger partial charge in [0.15, 0.2) is 0 Å². The topological polar surface area (TPSA) is 59.2 Å². The van der Waals surface area contributed by atoms with Crippen molar-refractivity contribution in [2.45, 2.75) is 19.0 Å². The second kappa shape index (κ2) is 8.27. The molecular weight excluding hydrogens is 398 g/mol. The van der Waals surface area contributed by atoms with Gasteiger partial charge in [-0.2, -0.15) is 0 Å². The van der Waals surface area contributed by atoms with E-state index in [9.17, 15) is 4.79 Å². The maximum atomic E-state index is 12.3. The highest BCUT2D eigenvalue weighted by Crippen LogP contribution is 2.25. The number of carbonyl (C=O) groups excluding carboxylic acids is 1. The first kappa shape index (κ1) is 17.6. The fraction of sp³-hybridized carbons (Fsp3) is 0.158. The molecule has 1 atom stereocenters. The van der Waals surface area contributed by atoms with Gasteiger partial charge in [0, 0.05) is 22.0 Å². The molecule has 0 bridgehead atoms. The molecule has 0 unspecified atom stereocenters. The Bertz CT molecular complexity index is 824. The van der Waals surface area contributed by atoms with Gasteiger partial charge in [-0.1, -0.05) is 52.3 Å². The molecule has 1 heterocycles. The first-order chi connectivity index (χ1) is 12.1. The van der Waals surface area contributed by atoms with E-state index in [0.717, 1.165) is 21.4 Å². The van der Waals surface area contributed by atoms with Gasteiger partial charge in [-0.15, -0.1) is 11.3 Å². The number of thiazole rings is 1. The first-order valence-electron chi connectivity index (χ1n) is 7.86. The van der Waals surface area contributed by atoms with Crippen molar-refractivity contribution in [1.29, 1.82) is 0 Å². The number of benzene rings is 2. The second-order valence-corrected chi connectivity index (χ2v) is 7.33. The molecule has 6 heteroatoms. The number of carbonyl (C=O) groups is 1. The lowest BCUT2D eigenvalue weighted by atomic mass is 10.0. The summed E-state index contributed by atoms with van der Waals surface area (Å²) in [6, 6.07) is 17.4. The monoisotopic (exact) mass is 415 g/mol. The molecule has 0 aliphatic heterocycles. The van der Waals surface area contributed by atoms with Crippen molar-refractivity contribution in [1.82, 2.24) is 4.98 Å². The summed E-state index contributed by atoms with van der Waals surface area (Å²) >= 11 is 5.05. The van der Waals surface area contributed by atoms with Crippen LogP contribution in [0.4, 0.5) is 5.69 Å². The van der Waals surface area contributed by atoms with Crippen LogP contribution >= 0.6 is 27.3 Å². The molecule has 0 spiro atoms. The number of primary amides is 1. The van der Waals surface area contributed by atoms with E-state index in [1.54, 1.807) is 16.8 Å². The van der Waals surface area contributed by atoms with Crippen LogP contribution in [-0.2, 0) is 17.8 Å². The number of amides is 1. The Kier molecular flexibility index (Phi) is 5.83. The molecule has 0 saturated carbocycles. The molecule has 0 fully saturated rings. The normalized spacial score (nSPS) is 11.9. The highest BCUT2D eigenvalue weighted by molar-refractivity contribution is 9.10. The van der Waals surface area contributed by atoms with Crippen molar-refractivity contribution in [3.63, 3.8) is 0 Å². The van der Waals surface area contributed by atoms with Crippen LogP contribution in [0.1, 0.15) is 11.3 Å². The fourth-order valence-electron chi connectivity index (χ4n) is 2.73. The summed E-state index contributed by atoms with van der Waals surface area (Å²) in [6.07, 6.45) is 0.548. The molecule has 1 amide bonds. The van der Waals surface area contributed by atoms with Crippen molar-refractivity contribution in [2.75, 3.05) is 4.90 Å². The molecule has 0 aliphatic carbocycles. The molecule has 2 N–H and O–H groups in total. The summed E-state index contributed by atoms with van der Waals surface area (Å²) < 4.78 is 0.955. The molecule has 0 aliphatic rings. The predicted octanol–water partition coefficient (Wildman–Crippen LogP) is 4.01. The molecule has 3 rings (SSSR count). The Balaban J connectivity index is 1.96. The van der Waals surface area contributed by atoms with E-state index in [1.807, 2.05) is 64.9 Å². The smallest absolute Gasteiger partial charge is 0.240 e. The largest absolute Gasteiger partial charge is 0.368 e. The maximum Gasteiger partial charge on any atom is 0.240 e. The van der Waals surface area contributed by atoms with E-state index in [-0.39, 0.29) is 5.91 Å². The summed E-state index contributed by atoms with van der Waals surface area (Å²) in [5.41, 5.74) is 10.5. The van der Waals surface area contributed by atoms with Crippen molar-refractivity contribution in [3.8, 4) is 0 Å². The van der Waals surface area contributed by atoms with Gasteiger partial charge in [0.2, 0.25) is 5.91 Å². The Hall–Kier alpha value is -2.18. The fourth-order valence-corrected chi connectivity index (χ4v) is 3.66. The number of rotatable bonds is 7. The molecule has 128 valence electrons. The number of aromatic nitrogens is 1. The summed E-state index contributed by atoms with van der Waals surface area (Å²) in [4.78, 5) is 18.7. The van der Waals surface area contributed by atoms with E-state index in [4.69, 9.17) is 5.73 Å². The Morgan fingerprint density at radius 2 is 2.00 bits per heavy atom. The van der Waals surface area contributed by atoms with Gasteiger partial charge in [-0.3, -0.25) is 4.79 Å². The van der Waals surface area contributed by atoms with Crippen LogP contribution in [0.2, 0.25) is 0 Å². The van der Waals surface area contributed by atoms with Crippen LogP contribution < -0.4 is 10.6 Å². The molecule has 4 nitrogen and oxygen atoms in total. The third kappa shape index (κ3) is 4.67. The molecule has 0 saturated heterocycles. The van der Waals surface area contributed by atoms with Gasteiger partial charge in [0.05, 0.1) is 17.7 Å². The summed E-state index contributed by atoms with van der Waals surface area (Å²) in [6.45, 7) is 0.528. The van der Waals surface area contributed by atoms with Gasteiger partial charge >= 0.3 is 0 Å². The quantitative estimate of drug-likeness (QED) is 0.633. The molecular formula is C19H18BrN3OS. The third-order valence-corrected chi connectivity index (χ3v) is 5.06. The highest BCUT2D eigenvalue weighted by Gasteiger charge is 2.25. The summed E-state index contributed by atoms with van der Waals surface area (Å²) in [5, 5.41) is 1.99. The van der Waals surface area contributed by atoms with Crippen LogP contribution in [0.5, 0.6) is 0 Å². The van der Waals surface area contributed by atoms with Gasteiger partial charge in [-0.05, 0) is 23.8 Å². The molecule has 25 heavy (non-hydrogen) atoms. The molecule has 3 aromatic rings. The van der Waals surface area contributed by atoms with Crippen molar-refractivity contribution < 1.29 is 4.79 Å². The number of hydrogen-bond donors (Lipinski definition) is 1. The molecule has 0 radical (unpaired) electrons. The zero-order valence-corrected chi connectivity index (χ0v) is 15.9. The zero-order chi connectivity index (χ0) is 17.6. The summed E-state index contributed by atoms with van der Waals surface area (Å²) in [7, 11) is 0.